The Morgan fingerprint density at radius 2 is 2.00 bits per heavy atom. The lowest BCUT2D eigenvalue weighted by Gasteiger charge is -2.49. The Kier molecular flexibility index (Phi) is 9.18. The lowest BCUT2D eigenvalue weighted by molar-refractivity contribution is -0.173. The normalized spacial score (nSPS) is 19.3. The van der Waals surface area contributed by atoms with Gasteiger partial charge in [-0.2, -0.15) is 0 Å². The average molecular weight is 583 g/mol. The van der Waals surface area contributed by atoms with Crippen molar-refractivity contribution in [1.82, 2.24) is 15.2 Å². The maximum Gasteiger partial charge on any atom is 0.404 e. The van der Waals surface area contributed by atoms with Crippen molar-refractivity contribution in [1.29, 1.82) is 0 Å². The van der Waals surface area contributed by atoms with Crippen molar-refractivity contribution in [2.24, 2.45) is 16.3 Å². The number of nitrogen functional groups attached to an aromatic ring is 1. The number of amides is 3. The highest BCUT2D eigenvalue weighted by Gasteiger charge is 2.54. The first-order chi connectivity index (χ1) is 18.3. The number of β-lactam (4-membered cyclic amide) rings is 1. The molecular formula is C22H26N6O9S2. The van der Waals surface area contributed by atoms with E-state index in [1.165, 1.54) is 29.3 Å². The molecule has 0 unspecified atom stereocenters. The second-order valence-electron chi connectivity index (χ2n) is 9.02. The van der Waals surface area contributed by atoms with Gasteiger partial charge in [-0.05, 0) is 32.4 Å². The molecule has 0 saturated carbocycles. The van der Waals surface area contributed by atoms with Gasteiger partial charge >= 0.3 is 18.0 Å². The van der Waals surface area contributed by atoms with Crippen molar-refractivity contribution < 1.29 is 43.4 Å². The molecule has 15 nitrogen and oxygen atoms in total. The number of primary amides is 1. The first-order valence-corrected chi connectivity index (χ1v) is 13.1. The van der Waals surface area contributed by atoms with E-state index in [2.05, 4.69) is 20.2 Å². The number of esters is 2. The number of oxime groups is 1. The summed E-state index contributed by atoms with van der Waals surface area (Å²) in [4.78, 5) is 66.7. The van der Waals surface area contributed by atoms with Gasteiger partial charge in [-0.25, -0.2) is 14.6 Å². The molecule has 1 fully saturated rings. The van der Waals surface area contributed by atoms with Crippen LogP contribution in [-0.2, 0) is 33.4 Å². The number of carbonyl (C=O) groups excluding carboxylic acids is 5. The van der Waals surface area contributed by atoms with Crippen molar-refractivity contribution in [3.63, 3.8) is 0 Å². The molecule has 3 amide bonds. The molecule has 1 aromatic heterocycles. The number of rotatable bonds is 9. The molecule has 2 atom stereocenters. The van der Waals surface area contributed by atoms with Gasteiger partial charge in [0, 0.05) is 11.1 Å². The van der Waals surface area contributed by atoms with Crippen LogP contribution in [0, 0.1) is 5.41 Å². The SMILES string of the molecule is CC(C)(C)C(=O)OCOC(=O)C1=C(/C=C/COC(N)=O)CS[C@@H]2[C@H](NC(=O)/C(=N\O)c3csc(N)n3)C(=O)N12. The molecule has 3 rings (SSSR count). The van der Waals surface area contributed by atoms with Gasteiger partial charge in [0.15, 0.2) is 10.8 Å². The standard InChI is InChI=1S/C22H26N6O9S2/c1-22(2,3)19(32)37-9-36-18(31)14-10(5-4-6-35-21(24)33)7-38-17-13(16(30)28(14)17)26-15(29)12(27-34)11-8-39-20(23)25-11/h4-5,8,13,17,34H,6-7,9H2,1-3H3,(H2,23,25)(H2,24,33)(H,26,29)/b5-4+,27-12-/t13-,17-/m1/s1. The summed E-state index contributed by atoms with van der Waals surface area (Å²) in [5.74, 6) is -2.88. The Hall–Kier alpha value is -4.12. The molecule has 1 aromatic rings. The van der Waals surface area contributed by atoms with E-state index in [0.717, 1.165) is 16.2 Å². The van der Waals surface area contributed by atoms with Crippen LogP contribution in [0.4, 0.5) is 9.93 Å². The highest BCUT2D eigenvalue weighted by Crippen LogP contribution is 2.41. The predicted octanol–water partition coefficient (Wildman–Crippen LogP) is 0.299. The van der Waals surface area contributed by atoms with Gasteiger partial charge in [0.2, 0.25) is 6.79 Å². The Labute approximate surface area is 230 Å². The zero-order valence-electron chi connectivity index (χ0n) is 21.0. The minimum Gasteiger partial charge on any atom is -0.445 e. The van der Waals surface area contributed by atoms with Crippen LogP contribution in [0.3, 0.4) is 0 Å². The Bertz CT molecular complexity index is 1270. The molecule has 6 N–H and O–H groups in total. The van der Waals surface area contributed by atoms with Crippen LogP contribution in [0.15, 0.2) is 34.0 Å². The van der Waals surface area contributed by atoms with Crippen LogP contribution >= 0.6 is 23.1 Å². The highest BCUT2D eigenvalue weighted by molar-refractivity contribution is 8.00. The molecule has 0 bridgehead atoms. The highest BCUT2D eigenvalue weighted by atomic mass is 32.2. The molecule has 210 valence electrons. The van der Waals surface area contributed by atoms with E-state index in [4.69, 9.17) is 20.9 Å². The summed E-state index contributed by atoms with van der Waals surface area (Å²) in [6.07, 6.45) is 1.89. The van der Waals surface area contributed by atoms with Crippen LogP contribution in [0.1, 0.15) is 26.5 Å². The van der Waals surface area contributed by atoms with Gasteiger partial charge in [0.25, 0.3) is 11.8 Å². The Morgan fingerprint density at radius 1 is 1.28 bits per heavy atom. The van der Waals surface area contributed by atoms with E-state index in [9.17, 15) is 29.2 Å². The summed E-state index contributed by atoms with van der Waals surface area (Å²) in [5.41, 5.74) is 9.48. The van der Waals surface area contributed by atoms with Gasteiger partial charge in [-0.1, -0.05) is 11.2 Å². The summed E-state index contributed by atoms with van der Waals surface area (Å²) >= 11 is 2.26. The number of fused-ring (bicyclic) bond motifs is 1. The van der Waals surface area contributed by atoms with E-state index < -0.39 is 59.2 Å². The van der Waals surface area contributed by atoms with Crippen molar-refractivity contribution in [3.8, 4) is 0 Å². The molecular weight excluding hydrogens is 556 g/mol. The topological polar surface area (TPSA) is 226 Å². The van der Waals surface area contributed by atoms with Crippen LogP contribution in [0.2, 0.25) is 0 Å². The van der Waals surface area contributed by atoms with Crippen LogP contribution in [-0.4, -0.2) is 81.2 Å². The lowest BCUT2D eigenvalue weighted by atomic mass is 9.98. The number of allylic oxidation sites excluding steroid dienone is 1. The molecule has 0 aliphatic carbocycles. The number of thioether (sulfide) groups is 1. The second kappa shape index (κ2) is 12.2. The van der Waals surface area contributed by atoms with Crippen molar-refractivity contribution >= 4 is 63.8 Å². The second-order valence-corrected chi connectivity index (χ2v) is 11.0. The van der Waals surface area contributed by atoms with E-state index >= 15 is 0 Å². The molecule has 1 saturated heterocycles. The van der Waals surface area contributed by atoms with Gasteiger partial charge in [-0.15, -0.1) is 23.1 Å². The van der Waals surface area contributed by atoms with E-state index in [1.54, 1.807) is 20.8 Å². The first-order valence-electron chi connectivity index (χ1n) is 11.2. The third-order valence-electron chi connectivity index (χ3n) is 5.19. The van der Waals surface area contributed by atoms with Crippen LogP contribution < -0.4 is 16.8 Å². The van der Waals surface area contributed by atoms with Gasteiger partial charge in [-0.3, -0.25) is 19.3 Å². The fraction of sp³-hybridized carbons (Fsp3) is 0.409. The Morgan fingerprint density at radius 3 is 2.59 bits per heavy atom. The van der Waals surface area contributed by atoms with Crippen LogP contribution in [0.25, 0.3) is 0 Å². The number of hydrogen-bond donors (Lipinski definition) is 4. The summed E-state index contributed by atoms with van der Waals surface area (Å²) in [5, 5.41) is 15.6. The number of aromatic nitrogens is 1. The minimum absolute atomic E-state index is 0.0250. The maximum absolute atomic E-state index is 13.1. The fourth-order valence-electron chi connectivity index (χ4n) is 3.32. The van der Waals surface area contributed by atoms with Crippen molar-refractivity contribution in [3.05, 3.63) is 34.5 Å². The lowest BCUT2D eigenvalue weighted by Crippen LogP contribution is -2.71. The molecule has 3 heterocycles. The van der Waals surface area contributed by atoms with E-state index in [1.807, 2.05) is 0 Å². The molecule has 0 spiro atoms. The largest absolute Gasteiger partial charge is 0.445 e. The third kappa shape index (κ3) is 6.85. The number of nitrogens with one attached hydrogen (secondary N) is 1. The Balaban J connectivity index is 1.77. The molecule has 39 heavy (non-hydrogen) atoms. The molecule has 17 heteroatoms. The van der Waals surface area contributed by atoms with E-state index in [0.29, 0.717) is 5.57 Å². The number of ether oxygens (including phenoxy) is 3. The molecule has 0 radical (unpaired) electrons. The zero-order valence-corrected chi connectivity index (χ0v) is 22.7. The quantitative estimate of drug-likeness (QED) is 0.0770. The molecule has 2 aliphatic rings. The summed E-state index contributed by atoms with van der Waals surface area (Å²) in [6, 6.07) is -1.07. The van der Waals surface area contributed by atoms with Gasteiger partial charge in [0.05, 0.1) is 5.41 Å². The summed E-state index contributed by atoms with van der Waals surface area (Å²) in [6.45, 7) is 4.01. The maximum atomic E-state index is 13.1. The monoisotopic (exact) mass is 582 g/mol. The summed E-state index contributed by atoms with van der Waals surface area (Å²) in [7, 11) is 0. The van der Waals surface area contributed by atoms with Crippen molar-refractivity contribution in [2.45, 2.75) is 32.2 Å². The number of thiazole rings is 1. The molecule has 0 aromatic carbocycles. The van der Waals surface area contributed by atoms with E-state index in [-0.39, 0.29) is 28.9 Å². The summed E-state index contributed by atoms with van der Waals surface area (Å²) < 4.78 is 14.7. The predicted molar refractivity (Wildman–Crippen MR) is 138 cm³/mol. The minimum atomic E-state index is -1.07. The van der Waals surface area contributed by atoms with Crippen molar-refractivity contribution in [2.75, 3.05) is 24.9 Å². The number of nitrogens with zero attached hydrogens (tertiary/aromatic N) is 3. The number of carbonyl (C=O) groups is 5. The van der Waals surface area contributed by atoms with Gasteiger partial charge in [0.1, 0.15) is 29.4 Å². The number of hydrogen-bond acceptors (Lipinski definition) is 14. The average Bonchev–Trinajstić information content (AvgIpc) is 3.29. The van der Waals surface area contributed by atoms with Crippen LogP contribution in [0.5, 0.6) is 0 Å². The molecule has 2 aliphatic heterocycles. The smallest absolute Gasteiger partial charge is 0.404 e. The fourth-order valence-corrected chi connectivity index (χ4v) is 5.19. The number of nitrogens with two attached hydrogens (primary N) is 2. The number of anilines is 1. The van der Waals surface area contributed by atoms with Gasteiger partial charge < -0.3 is 36.2 Å². The zero-order chi connectivity index (χ0) is 28.9. The third-order valence-corrected chi connectivity index (χ3v) is 7.17. The first kappa shape index (κ1) is 29.4.